The van der Waals surface area contributed by atoms with Gasteiger partial charge in [0.15, 0.2) is 0 Å². The molecule has 0 aromatic carbocycles. The molecule has 1 unspecified atom stereocenters. The van der Waals surface area contributed by atoms with Crippen LogP contribution in [0.4, 0.5) is 0 Å². The van der Waals surface area contributed by atoms with Gasteiger partial charge in [-0.3, -0.25) is 4.79 Å². The molecule has 0 aliphatic heterocycles. The lowest BCUT2D eigenvalue weighted by molar-refractivity contribution is 0.0895. The third-order valence-electron chi connectivity index (χ3n) is 2.51. The summed E-state index contributed by atoms with van der Waals surface area (Å²) in [6, 6.07) is 1.80. The first kappa shape index (κ1) is 15.7. The van der Waals surface area contributed by atoms with E-state index < -0.39 is 0 Å². The van der Waals surface area contributed by atoms with Gasteiger partial charge in [-0.2, -0.15) is 0 Å². The van der Waals surface area contributed by atoms with Crippen molar-refractivity contribution in [2.24, 2.45) is 0 Å². The number of ether oxygens (including phenoxy) is 1. The van der Waals surface area contributed by atoms with Crippen molar-refractivity contribution >= 4 is 17.2 Å². The van der Waals surface area contributed by atoms with Crippen molar-refractivity contribution in [1.29, 1.82) is 0 Å². The average Bonchev–Trinajstić information content (AvgIpc) is 2.85. The zero-order valence-corrected chi connectivity index (χ0v) is 12.0. The summed E-state index contributed by atoms with van der Waals surface area (Å²) in [5.41, 5.74) is 0.657. The average molecular weight is 281 g/mol. The van der Waals surface area contributed by atoms with E-state index in [1.54, 1.807) is 13.2 Å². The highest BCUT2D eigenvalue weighted by molar-refractivity contribution is 7.12. The van der Waals surface area contributed by atoms with Crippen LogP contribution in [-0.2, 0) is 4.74 Å². The fourth-order valence-corrected chi connectivity index (χ4v) is 2.47. The first-order valence-corrected chi connectivity index (χ1v) is 7.07. The maximum atomic E-state index is 12.2. The van der Waals surface area contributed by atoms with E-state index in [2.05, 4.69) is 24.1 Å². The van der Waals surface area contributed by atoms with Crippen LogP contribution in [0, 0.1) is 11.8 Å². The highest BCUT2D eigenvalue weighted by Gasteiger charge is 2.16. The van der Waals surface area contributed by atoms with Gasteiger partial charge in [0.1, 0.15) is 11.5 Å². The quantitative estimate of drug-likeness (QED) is 0.779. The molecule has 0 aliphatic carbocycles. The molecule has 1 aromatic heterocycles. The van der Waals surface area contributed by atoms with Gasteiger partial charge in [0.25, 0.3) is 5.91 Å². The Morgan fingerprint density at radius 3 is 3.05 bits per heavy atom. The van der Waals surface area contributed by atoms with E-state index in [0.717, 1.165) is 12.8 Å². The molecule has 1 atom stereocenters. The van der Waals surface area contributed by atoms with E-state index >= 15 is 0 Å². The lowest BCUT2D eigenvalue weighted by atomic mass is 10.1. The molecule has 5 heteroatoms. The van der Waals surface area contributed by atoms with Gasteiger partial charge in [0.2, 0.25) is 0 Å². The zero-order chi connectivity index (χ0) is 14.1. The third-order valence-corrected chi connectivity index (χ3v) is 3.43. The van der Waals surface area contributed by atoms with E-state index in [9.17, 15) is 4.79 Å². The SMILES string of the molecule is CCCC(COC)NC(=O)c1sccc1C#CCO. The van der Waals surface area contributed by atoms with Gasteiger partial charge in [-0.25, -0.2) is 0 Å². The molecule has 0 radical (unpaired) electrons. The van der Waals surface area contributed by atoms with Crippen LogP contribution in [0.5, 0.6) is 0 Å². The minimum atomic E-state index is -0.209. The summed E-state index contributed by atoms with van der Waals surface area (Å²) in [5, 5.41) is 13.5. The predicted molar refractivity (Wildman–Crippen MR) is 76.3 cm³/mol. The number of amides is 1. The van der Waals surface area contributed by atoms with Crippen molar-refractivity contribution in [1.82, 2.24) is 5.32 Å². The van der Waals surface area contributed by atoms with Crippen molar-refractivity contribution in [3.8, 4) is 11.8 Å². The molecule has 0 spiro atoms. The van der Waals surface area contributed by atoms with Crippen molar-refractivity contribution in [3.05, 3.63) is 21.9 Å². The number of aliphatic hydroxyl groups is 1. The molecule has 2 N–H and O–H groups in total. The molecule has 1 amide bonds. The van der Waals surface area contributed by atoms with Crippen LogP contribution >= 0.6 is 11.3 Å². The second-order valence-electron chi connectivity index (χ2n) is 4.04. The highest BCUT2D eigenvalue weighted by atomic mass is 32.1. The van der Waals surface area contributed by atoms with Gasteiger partial charge in [-0.1, -0.05) is 25.2 Å². The molecule has 0 aliphatic rings. The van der Waals surface area contributed by atoms with Crippen molar-refractivity contribution in [2.75, 3.05) is 20.3 Å². The fourth-order valence-electron chi connectivity index (χ4n) is 1.72. The van der Waals surface area contributed by atoms with Crippen molar-refractivity contribution < 1.29 is 14.6 Å². The number of carbonyl (C=O) groups is 1. The molecule has 0 fully saturated rings. The van der Waals surface area contributed by atoms with E-state index in [1.165, 1.54) is 11.3 Å². The Kier molecular flexibility index (Phi) is 7.19. The van der Waals surface area contributed by atoms with E-state index in [4.69, 9.17) is 9.84 Å². The van der Waals surface area contributed by atoms with Crippen LogP contribution < -0.4 is 5.32 Å². The normalized spacial score (nSPS) is 11.5. The number of methoxy groups -OCH3 is 1. The minimum Gasteiger partial charge on any atom is -0.384 e. The Bertz CT molecular complexity index is 453. The number of rotatable bonds is 6. The van der Waals surface area contributed by atoms with Gasteiger partial charge in [-0.05, 0) is 17.9 Å². The van der Waals surface area contributed by atoms with Gasteiger partial charge in [0.05, 0.1) is 12.6 Å². The van der Waals surface area contributed by atoms with Crippen LogP contribution in [0.25, 0.3) is 0 Å². The summed E-state index contributed by atoms with van der Waals surface area (Å²) in [4.78, 5) is 12.7. The van der Waals surface area contributed by atoms with Crippen LogP contribution in [0.15, 0.2) is 11.4 Å². The molecule has 19 heavy (non-hydrogen) atoms. The molecule has 0 saturated heterocycles. The summed E-state index contributed by atoms with van der Waals surface area (Å²) in [5.74, 6) is 5.20. The van der Waals surface area contributed by atoms with Crippen LogP contribution in [0.3, 0.4) is 0 Å². The zero-order valence-electron chi connectivity index (χ0n) is 11.2. The molecule has 0 saturated carbocycles. The Balaban J connectivity index is 2.74. The first-order valence-electron chi connectivity index (χ1n) is 6.19. The monoisotopic (exact) mass is 281 g/mol. The molecule has 1 aromatic rings. The Morgan fingerprint density at radius 2 is 2.42 bits per heavy atom. The summed E-state index contributed by atoms with van der Waals surface area (Å²) >= 11 is 1.35. The maximum absolute atomic E-state index is 12.2. The minimum absolute atomic E-state index is 0.0169. The van der Waals surface area contributed by atoms with Crippen molar-refractivity contribution in [2.45, 2.75) is 25.8 Å². The van der Waals surface area contributed by atoms with Gasteiger partial charge in [-0.15, -0.1) is 11.3 Å². The van der Waals surface area contributed by atoms with Gasteiger partial charge < -0.3 is 15.2 Å². The highest BCUT2D eigenvalue weighted by Crippen LogP contribution is 2.16. The van der Waals surface area contributed by atoms with E-state index in [-0.39, 0.29) is 18.6 Å². The molecule has 1 rings (SSSR count). The summed E-state index contributed by atoms with van der Waals surface area (Å²) in [7, 11) is 1.62. The molecular weight excluding hydrogens is 262 g/mol. The third kappa shape index (κ3) is 5.03. The molecule has 104 valence electrons. The Morgan fingerprint density at radius 1 is 1.63 bits per heavy atom. The van der Waals surface area contributed by atoms with E-state index in [1.807, 2.05) is 5.38 Å². The number of hydrogen-bond acceptors (Lipinski definition) is 4. The number of aliphatic hydroxyl groups excluding tert-OH is 1. The van der Waals surface area contributed by atoms with Crippen LogP contribution in [0.2, 0.25) is 0 Å². The standard InChI is InChI=1S/C14H19NO3S/c1-3-5-12(10-18-2)15-14(17)13-11(6-4-8-16)7-9-19-13/h7,9,12,16H,3,5,8,10H2,1-2H3,(H,15,17). The summed E-state index contributed by atoms with van der Waals surface area (Å²) < 4.78 is 5.10. The molecular formula is C14H19NO3S. The van der Waals surface area contributed by atoms with Gasteiger partial charge in [0, 0.05) is 12.7 Å². The lowest BCUT2D eigenvalue weighted by Gasteiger charge is -2.16. The van der Waals surface area contributed by atoms with Gasteiger partial charge >= 0.3 is 0 Å². The molecule has 4 nitrogen and oxygen atoms in total. The van der Waals surface area contributed by atoms with Crippen LogP contribution in [-0.4, -0.2) is 37.4 Å². The Labute approximate surface area is 117 Å². The number of nitrogens with one attached hydrogen (secondary N) is 1. The van der Waals surface area contributed by atoms with Crippen LogP contribution in [0.1, 0.15) is 35.0 Å². The first-order chi connectivity index (χ1) is 9.22. The lowest BCUT2D eigenvalue weighted by Crippen LogP contribution is -2.37. The molecule has 1 heterocycles. The number of thiophene rings is 1. The smallest absolute Gasteiger partial charge is 0.262 e. The topological polar surface area (TPSA) is 58.6 Å². The second kappa shape index (κ2) is 8.70. The largest absolute Gasteiger partial charge is 0.384 e. The summed E-state index contributed by atoms with van der Waals surface area (Å²) in [6.45, 7) is 2.36. The number of hydrogen-bond donors (Lipinski definition) is 2. The van der Waals surface area contributed by atoms with E-state index in [0.29, 0.717) is 17.0 Å². The Hall–Kier alpha value is -1.35. The summed E-state index contributed by atoms with van der Waals surface area (Å²) in [6.07, 6.45) is 1.86. The predicted octanol–water partition coefficient (Wildman–Crippen LogP) is 1.64. The fraction of sp³-hybridized carbons (Fsp3) is 0.500. The molecule has 0 bridgehead atoms. The second-order valence-corrected chi connectivity index (χ2v) is 4.95. The number of carbonyl (C=O) groups excluding carboxylic acids is 1. The van der Waals surface area contributed by atoms with Crippen molar-refractivity contribution in [3.63, 3.8) is 0 Å². The maximum Gasteiger partial charge on any atom is 0.262 e.